The number of ether oxygens (including phenoxy) is 4. The van der Waals surface area contributed by atoms with E-state index < -0.39 is 15.9 Å². The lowest BCUT2D eigenvalue weighted by Gasteiger charge is -2.26. The number of sulfonamides is 1. The van der Waals surface area contributed by atoms with Gasteiger partial charge in [0.2, 0.25) is 10.0 Å². The second-order valence-corrected chi connectivity index (χ2v) is 9.10. The number of nitrogens with zero attached hydrogens (tertiary/aromatic N) is 1. The van der Waals surface area contributed by atoms with Crippen molar-refractivity contribution in [3.8, 4) is 17.2 Å². The Balaban J connectivity index is 1.95. The van der Waals surface area contributed by atoms with Crippen LogP contribution in [0.25, 0.3) is 0 Å². The molecule has 0 radical (unpaired) electrons. The first-order chi connectivity index (χ1) is 15.3. The van der Waals surface area contributed by atoms with Crippen molar-refractivity contribution in [3.63, 3.8) is 0 Å². The van der Waals surface area contributed by atoms with Gasteiger partial charge in [-0.1, -0.05) is 11.6 Å². The van der Waals surface area contributed by atoms with E-state index in [4.69, 9.17) is 30.5 Å². The number of nitrogens with one attached hydrogen (secondary N) is 1. The Morgan fingerprint density at radius 1 is 1.12 bits per heavy atom. The van der Waals surface area contributed by atoms with Gasteiger partial charge in [-0.3, -0.25) is 4.79 Å². The first-order valence-electron chi connectivity index (χ1n) is 9.89. The molecule has 1 saturated heterocycles. The highest BCUT2D eigenvalue weighted by atomic mass is 35.5. The highest BCUT2D eigenvalue weighted by Crippen LogP contribution is 2.37. The summed E-state index contributed by atoms with van der Waals surface area (Å²) in [6.45, 7) is 3.32. The second kappa shape index (κ2) is 10.4. The number of hydrogen-bond acceptors (Lipinski definition) is 7. The van der Waals surface area contributed by atoms with E-state index in [1.165, 1.54) is 48.9 Å². The zero-order valence-corrected chi connectivity index (χ0v) is 19.6. The summed E-state index contributed by atoms with van der Waals surface area (Å²) in [5.74, 6) is 0.418. The summed E-state index contributed by atoms with van der Waals surface area (Å²) in [7, 11) is -0.878. The normalized spacial score (nSPS) is 14.6. The molecule has 0 saturated carbocycles. The fourth-order valence-corrected chi connectivity index (χ4v) is 4.95. The van der Waals surface area contributed by atoms with Crippen LogP contribution in [0.15, 0.2) is 35.2 Å². The third-order valence-corrected chi connectivity index (χ3v) is 6.98. The molecule has 1 N–H and O–H groups in total. The number of rotatable bonds is 8. The van der Waals surface area contributed by atoms with Crippen LogP contribution in [0.3, 0.4) is 0 Å². The van der Waals surface area contributed by atoms with Crippen LogP contribution in [0.2, 0.25) is 5.02 Å². The van der Waals surface area contributed by atoms with Gasteiger partial charge in [-0.25, -0.2) is 8.42 Å². The monoisotopic (exact) mass is 484 g/mol. The molecule has 0 unspecified atom stereocenters. The van der Waals surface area contributed by atoms with E-state index in [0.29, 0.717) is 37.1 Å². The molecule has 2 aromatic rings. The van der Waals surface area contributed by atoms with Gasteiger partial charge in [-0.15, -0.1) is 0 Å². The van der Waals surface area contributed by atoms with Crippen molar-refractivity contribution in [1.82, 2.24) is 4.31 Å². The summed E-state index contributed by atoms with van der Waals surface area (Å²) in [5.41, 5.74) is 0.425. The number of carbonyl (C=O) groups excluding carboxylic acids is 1. The number of methoxy groups -OCH3 is 2. The van der Waals surface area contributed by atoms with E-state index in [1.54, 1.807) is 6.92 Å². The summed E-state index contributed by atoms with van der Waals surface area (Å²) >= 11 is 6.21. The van der Waals surface area contributed by atoms with Crippen LogP contribution in [0.4, 0.5) is 5.69 Å². The van der Waals surface area contributed by atoms with E-state index in [0.717, 1.165) is 0 Å². The van der Waals surface area contributed by atoms with E-state index in [-0.39, 0.29) is 34.3 Å². The SMILES string of the molecule is CCOc1ccc(S(=O)(=O)N2CCOCC2)cc1NC(=O)c1cc(Cl)c(OC)c(OC)c1. The fourth-order valence-electron chi connectivity index (χ4n) is 3.23. The molecule has 2 aromatic carbocycles. The van der Waals surface area contributed by atoms with Crippen LogP contribution >= 0.6 is 11.6 Å². The molecular weight excluding hydrogens is 460 g/mol. The molecule has 11 heteroatoms. The maximum atomic E-state index is 13.0. The predicted molar refractivity (Wildman–Crippen MR) is 120 cm³/mol. The first-order valence-corrected chi connectivity index (χ1v) is 11.7. The standard InChI is InChI=1S/C21H25ClN2O7S/c1-4-31-18-6-5-15(32(26,27)24-7-9-30-10-8-24)13-17(18)23-21(25)14-11-16(22)20(29-3)19(12-14)28-2/h5-6,11-13H,4,7-10H2,1-3H3,(H,23,25). The number of morpholine rings is 1. The van der Waals surface area contributed by atoms with Crippen LogP contribution in [-0.4, -0.2) is 65.8 Å². The lowest BCUT2D eigenvalue weighted by atomic mass is 10.1. The Bertz CT molecular complexity index is 1090. The maximum Gasteiger partial charge on any atom is 0.255 e. The average molecular weight is 485 g/mol. The molecule has 0 spiro atoms. The van der Waals surface area contributed by atoms with Crippen molar-refractivity contribution in [2.24, 2.45) is 0 Å². The van der Waals surface area contributed by atoms with Crippen LogP contribution in [0.5, 0.6) is 17.2 Å². The minimum atomic E-state index is -3.75. The molecule has 0 atom stereocenters. The molecule has 1 heterocycles. The highest BCUT2D eigenvalue weighted by Gasteiger charge is 2.27. The molecule has 1 fully saturated rings. The third-order valence-electron chi connectivity index (χ3n) is 4.80. The average Bonchev–Trinajstić information content (AvgIpc) is 2.80. The Labute approximate surface area is 192 Å². The molecule has 0 bridgehead atoms. The maximum absolute atomic E-state index is 13.0. The molecule has 1 aliphatic heterocycles. The van der Waals surface area contributed by atoms with Gasteiger partial charge in [0.1, 0.15) is 5.75 Å². The van der Waals surface area contributed by atoms with Crippen LogP contribution in [0.1, 0.15) is 17.3 Å². The topological polar surface area (TPSA) is 103 Å². The number of benzene rings is 2. The van der Waals surface area contributed by atoms with Crippen LogP contribution < -0.4 is 19.5 Å². The lowest BCUT2D eigenvalue weighted by Crippen LogP contribution is -2.40. The fraction of sp³-hybridized carbons (Fsp3) is 0.381. The first kappa shape index (κ1) is 24.1. The molecule has 1 aliphatic rings. The third kappa shape index (κ3) is 5.09. The van der Waals surface area contributed by atoms with Gasteiger partial charge in [0.15, 0.2) is 11.5 Å². The van der Waals surface area contributed by atoms with Crippen LogP contribution in [0, 0.1) is 0 Å². The zero-order valence-electron chi connectivity index (χ0n) is 18.0. The van der Waals surface area contributed by atoms with E-state index in [9.17, 15) is 13.2 Å². The van der Waals surface area contributed by atoms with Crippen molar-refractivity contribution in [2.45, 2.75) is 11.8 Å². The number of halogens is 1. The summed E-state index contributed by atoms with van der Waals surface area (Å²) in [4.78, 5) is 13.0. The molecule has 1 amide bonds. The van der Waals surface area contributed by atoms with Crippen molar-refractivity contribution in [2.75, 3.05) is 52.4 Å². The lowest BCUT2D eigenvalue weighted by molar-refractivity contribution is 0.0730. The van der Waals surface area contributed by atoms with Gasteiger partial charge in [-0.05, 0) is 37.3 Å². The number of hydrogen-bond donors (Lipinski definition) is 1. The molecule has 174 valence electrons. The number of carbonyl (C=O) groups is 1. The van der Waals surface area contributed by atoms with Gasteiger partial charge in [0, 0.05) is 18.7 Å². The van der Waals surface area contributed by atoms with Crippen molar-refractivity contribution in [3.05, 3.63) is 40.9 Å². The van der Waals surface area contributed by atoms with Crippen molar-refractivity contribution in [1.29, 1.82) is 0 Å². The number of amides is 1. The minimum Gasteiger partial charge on any atom is -0.493 e. The molecule has 0 aliphatic carbocycles. The van der Waals surface area contributed by atoms with Gasteiger partial charge in [-0.2, -0.15) is 4.31 Å². The summed E-state index contributed by atoms with van der Waals surface area (Å²) in [6, 6.07) is 7.28. The molecule has 32 heavy (non-hydrogen) atoms. The molecule has 0 aromatic heterocycles. The highest BCUT2D eigenvalue weighted by molar-refractivity contribution is 7.89. The smallest absolute Gasteiger partial charge is 0.255 e. The van der Waals surface area contributed by atoms with Crippen molar-refractivity contribution < 1.29 is 32.2 Å². The van der Waals surface area contributed by atoms with Gasteiger partial charge < -0.3 is 24.3 Å². The Kier molecular flexibility index (Phi) is 7.83. The van der Waals surface area contributed by atoms with Gasteiger partial charge in [0.05, 0.1) is 49.6 Å². The van der Waals surface area contributed by atoms with Gasteiger partial charge >= 0.3 is 0 Å². The van der Waals surface area contributed by atoms with Gasteiger partial charge in [0.25, 0.3) is 5.91 Å². The van der Waals surface area contributed by atoms with Crippen LogP contribution in [-0.2, 0) is 14.8 Å². The van der Waals surface area contributed by atoms with Crippen molar-refractivity contribution >= 4 is 33.2 Å². The predicted octanol–water partition coefficient (Wildman–Crippen LogP) is 3.03. The van der Waals surface area contributed by atoms with E-state index in [1.807, 2.05) is 0 Å². The minimum absolute atomic E-state index is 0.0449. The summed E-state index contributed by atoms with van der Waals surface area (Å²) < 4.78 is 48.7. The Morgan fingerprint density at radius 2 is 1.84 bits per heavy atom. The second-order valence-electron chi connectivity index (χ2n) is 6.76. The molecule has 3 rings (SSSR count). The summed E-state index contributed by atoms with van der Waals surface area (Å²) in [5, 5.41) is 2.92. The quantitative estimate of drug-likeness (QED) is 0.614. The number of anilines is 1. The summed E-state index contributed by atoms with van der Waals surface area (Å²) in [6.07, 6.45) is 0. The zero-order chi connectivity index (χ0) is 23.3. The van der Waals surface area contributed by atoms with E-state index in [2.05, 4.69) is 5.32 Å². The Morgan fingerprint density at radius 3 is 2.47 bits per heavy atom. The molecular formula is C21H25ClN2O7S. The largest absolute Gasteiger partial charge is 0.493 e. The molecule has 9 nitrogen and oxygen atoms in total. The van der Waals surface area contributed by atoms with E-state index >= 15 is 0 Å². The Hall–Kier alpha value is -2.53.